The first kappa shape index (κ1) is 21.4. The number of nitrogens with zero attached hydrogens (tertiary/aromatic N) is 1. The van der Waals surface area contributed by atoms with Gasteiger partial charge in [0.15, 0.2) is 0 Å². The van der Waals surface area contributed by atoms with Gasteiger partial charge in [-0.25, -0.2) is 0 Å². The predicted octanol–water partition coefficient (Wildman–Crippen LogP) is 4.86. The smallest absolute Gasteiger partial charge is 0.241 e. The fourth-order valence-corrected chi connectivity index (χ4v) is 4.83. The molecule has 2 amide bonds. The normalized spacial score (nSPS) is 17.0. The van der Waals surface area contributed by atoms with Gasteiger partial charge >= 0.3 is 0 Å². The summed E-state index contributed by atoms with van der Waals surface area (Å²) in [6, 6.07) is 14.3. The quantitative estimate of drug-likeness (QED) is 0.663. The number of nitrogens with one attached hydrogen (secondary N) is 1. The van der Waals surface area contributed by atoms with Gasteiger partial charge in [-0.3, -0.25) is 9.59 Å². The summed E-state index contributed by atoms with van der Waals surface area (Å²) in [5.74, 6) is -0.429. The number of amides is 2. The molecule has 1 N–H and O–H groups in total. The molecular weight excluding hydrogens is 380 g/mol. The number of thioether (sulfide) groups is 1. The fraction of sp³-hybridized carbons (Fsp3) is 0.417. The number of carbonyl (C=O) groups excluding carboxylic acids is 2. The highest BCUT2D eigenvalue weighted by molar-refractivity contribution is 8.01. The molecule has 0 unspecified atom stereocenters. The van der Waals surface area contributed by atoms with Crippen LogP contribution in [0.15, 0.2) is 47.4 Å². The van der Waals surface area contributed by atoms with Gasteiger partial charge in [0.25, 0.3) is 0 Å². The summed E-state index contributed by atoms with van der Waals surface area (Å²) in [7, 11) is 0. The van der Waals surface area contributed by atoms with Crippen LogP contribution in [0.5, 0.6) is 0 Å². The Morgan fingerprint density at radius 3 is 2.72 bits per heavy atom. The molecule has 5 heteroatoms. The van der Waals surface area contributed by atoms with Gasteiger partial charge < -0.3 is 10.2 Å². The van der Waals surface area contributed by atoms with Gasteiger partial charge in [-0.1, -0.05) is 56.2 Å². The van der Waals surface area contributed by atoms with Crippen molar-refractivity contribution in [1.29, 1.82) is 0 Å². The van der Waals surface area contributed by atoms with E-state index in [1.54, 1.807) is 0 Å². The topological polar surface area (TPSA) is 49.4 Å². The Morgan fingerprint density at radius 1 is 1.21 bits per heavy atom. The number of hydrogen-bond donors (Lipinski definition) is 1. The zero-order valence-corrected chi connectivity index (χ0v) is 18.5. The third-order valence-corrected chi connectivity index (χ3v) is 6.91. The average Bonchev–Trinajstić information content (AvgIpc) is 2.72. The standard InChI is InChI=1S/C24H30N2O2S/c1-5-6-13-25-23(27)18(4)22-24(28)26(20-9-7-8-10-21(20)29-22)15-19-14-16(2)11-12-17(19)3/h7-12,14,18,22H,5-6,13,15H2,1-4H3,(H,25,27)/t18-,22-/m0/s1. The molecule has 2 aromatic carbocycles. The highest BCUT2D eigenvalue weighted by atomic mass is 32.2. The highest BCUT2D eigenvalue weighted by Gasteiger charge is 2.39. The van der Waals surface area contributed by atoms with Crippen LogP contribution in [-0.2, 0) is 16.1 Å². The lowest BCUT2D eigenvalue weighted by Crippen LogP contribution is -2.47. The molecule has 0 aliphatic carbocycles. The number of fused-ring (bicyclic) bond motifs is 1. The SMILES string of the molecule is CCCCNC(=O)[C@@H](C)[C@@H]1Sc2ccccc2N(Cc2cc(C)ccc2C)C1=O. The summed E-state index contributed by atoms with van der Waals surface area (Å²) in [6.45, 7) is 9.28. The molecule has 154 valence electrons. The van der Waals surface area contributed by atoms with Gasteiger partial charge in [-0.2, -0.15) is 0 Å². The first-order chi connectivity index (χ1) is 13.9. The van der Waals surface area contributed by atoms with E-state index in [9.17, 15) is 9.59 Å². The van der Waals surface area contributed by atoms with E-state index in [0.717, 1.165) is 29.0 Å². The van der Waals surface area contributed by atoms with E-state index >= 15 is 0 Å². The minimum atomic E-state index is -0.420. The summed E-state index contributed by atoms with van der Waals surface area (Å²) in [4.78, 5) is 29.0. The van der Waals surface area contributed by atoms with E-state index in [0.29, 0.717) is 13.1 Å². The largest absolute Gasteiger partial charge is 0.356 e. The van der Waals surface area contributed by atoms with E-state index in [2.05, 4.69) is 44.3 Å². The van der Waals surface area contributed by atoms with Crippen molar-refractivity contribution in [2.45, 2.75) is 57.2 Å². The third-order valence-electron chi connectivity index (χ3n) is 5.45. The Balaban J connectivity index is 1.88. The third kappa shape index (κ3) is 4.84. The zero-order chi connectivity index (χ0) is 21.0. The Hall–Kier alpha value is -2.27. The van der Waals surface area contributed by atoms with Crippen LogP contribution in [0.25, 0.3) is 0 Å². The second-order valence-corrected chi connectivity index (χ2v) is 8.98. The van der Waals surface area contributed by atoms with Crippen LogP contribution in [0.2, 0.25) is 0 Å². The number of anilines is 1. The molecule has 2 atom stereocenters. The predicted molar refractivity (Wildman–Crippen MR) is 120 cm³/mol. The molecule has 3 rings (SSSR count). The van der Waals surface area contributed by atoms with Crippen molar-refractivity contribution in [3.05, 3.63) is 59.2 Å². The fourth-order valence-electron chi connectivity index (χ4n) is 3.55. The van der Waals surface area contributed by atoms with Crippen LogP contribution in [0.4, 0.5) is 5.69 Å². The molecule has 0 spiro atoms. The van der Waals surface area contributed by atoms with E-state index in [4.69, 9.17) is 0 Å². The first-order valence-corrected chi connectivity index (χ1v) is 11.2. The van der Waals surface area contributed by atoms with Gasteiger partial charge in [-0.05, 0) is 43.5 Å². The molecular formula is C24H30N2O2S. The second kappa shape index (κ2) is 9.49. The molecule has 0 bridgehead atoms. The van der Waals surface area contributed by atoms with E-state index in [-0.39, 0.29) is 17.7 Å². The Morgan fingerprint density at radius 2 is 1.97 bits per heavy atom. The maximum Gasteiger partial charge on any atom is 0.241 e. The van der Waals surface area contributed by atoms with Crippen molar-refractivity contribution in [2.75, 3.05) is 11.4 Å². The molecule has 0 aromatic heterocycles. The number of rotatable bonds is 7. The molecule has 1 heterocycles. The molecule has 0 saturated carbocycles. The summed E-state index contributed by atoms with van der Waals surface area (Å²) in [5.41, 5.74) is 4.41. The van der Waals surface area contributed by atoms with Crippen molar-refractivity contribution in [2.24, 2.45) is 5.92 Å². The van der Waals surface area contributed by atoms with Crippen LogP contribution in [0.3, 0.4) is 0 Å². The van der Waals surface area contributed by atoms with Crippen molar-refractivity contribution in [1.82, 2.24) is 5.32 Å². The minimum absolute atomic E-state index is 0.00717. The Bertz CT molecular complexity index is 896. The van der Waals surface area contributed by atoms with E-state index < -0.39 is 5.25 Å². The average molecular weight is 411 g/mol. The van der Waals surface area contributed by atoms with Gasteiger partial charge in [0.1, 0.15) is 5.25 Å². The molecule has 2 aromatic rings. The molecule has 0 radical (unpaired) electrons. The van der Waals surface area contributed by atoms with Crippen molar-refractivity contribution < 1.29 is 9.59 Å². The van der Waals surface area contributed by atoms with Gasteiger partial charge in [-0.15, -0.1) is 11.8 Å². The summed E-state index contributed by atoms with van der Waals surface area (Å²) in [5, 5.41) is 2.56. The van der Waals surface area contributed by atoms with Crippen molar-refractivity contribution >= 4 is 29.3 Å². The Labute approximate surface area is 178 Å². The number of benzene rings is 2. The van der Waals surface area contributed by atoms with Crippen LogP contribution in [0.1, 0.15) is 43.4 Å². The first-order valence-electron chi connectivity index (χ1n) is 10.3. The second-order valence-electron chi connectivity index (χ2n) is 7.79. The van der Waals surface area contributed by atoms with Crippen molar-refractivity contribution in [3.63, 3.8) is 0 Å². The zero-order valence-electron chi connectivity index (χ0n) is 17.7. The molecule has 4 nitrogen and oxygen atoms in total. The molecule has 1 aliphatic rings. The van der Waals surface area contributed by atoms with E-state index in [1.165, 1.54) is 22.9 Å². The number of hydrogen-bond acceptors (Lipinski definition) is 3. The molecule has 29 heavy (non-hydrogen) atoms. The van der Waals surface area contributed by atoms with Gasteiger partial charge in [0.05, 0.1) is 18.2 Å². The highest BCUT2D eigenvalue weighted by Crippen LogP contribution is 2.42. The molecule has 1 aliphatic heterocycles. The van der Waals surface area contributed by atoms with Gasteiger partial charge in [0.2, 0.25) is 11.8 Å². The molecule has 0 saturated heterocycles. The van der Waals surface area contributed by atoms with Crippen LogP contribution >= 0.6 is 11.8 Å². The van der Waals surface area contributed by atoms with Crippen molar-refractivity contribution in [3.8, 4) is 0 Å². The van der Waals surface area contributed by atoms with Crippen LogP contribution < -0.4 is 10.2 Å². The number of carbonyl (C=O) groups is 2. The summed E-state index contributed by atoms with van der Waals surface area (Å²) in [6.07, 6.45) is 1.98. The maximum atomic E-state index is 13.5. The summed E-state index contributed by atoms with van der Waals surface area (Å²) < 4.78 is 0. The number of para-hydroxylation sites is 1. The summed E-state index contributed by atoms with van der Waals surface area (Å²) >= 11 is 1.51. The van der Waals surface area contributed by atoms with Crippen LogP contribution in [0, 0.1) is 19.8 Å². The lowest BCUT2D eigenvalue weighted by atomic mass is 10.0. The monoisotopic (exact) mass is 410 g/mol. The molecule has 0 fully saturated rings. The van der Waals surface area contributed by atoms with Gasteiger partial charge in [0, 0.05) is 11.4 Å². The lowest BCUT2D eigenvalue weighted by molar-refractivity contribution is -0.128. The number of unbranched alkanes of at least 4 members (excludes halogenated alkanes) is 1. The Kier molecular flexibility index (Phi) is 7.01. The lowest BCUT2D eigenvalue weighted by Gasteiger charge is -2.36. The minimum Gasteiger partial charge on any atom is -0.356 e. The van der Waals surface area contributed by atoms with Crippen LogP contribution in [-0.4, -0.2) is 23.6 Å². The van der Waals surface area contributed by atoms with E-state index in [1.807, 2.05) is 36.1 Å². The number of aryl methyl sites for hydroxylation is 2. The maximum absolute atomic E-state index is 13.5.